The van der Waals surface area contributed by atoms with Crippen molar-refractivity contribution < 1.29 is 14.3 Å². The molecule has 0 saturated carbocycles. The minimum Gasteiger partial charge on any atom is -0.459 e. The first kappa shape index (κ1) is 21.4. The fourth-order valence-corrected chi connectivity index (χ4v) is 5.75. The summed E-state index contributed by atoms with van der Waals surface area (Å²) in [6.45, 7) is 0.184. The van der Waals surface area contributed by atoms with E-state index in [1.54, 1.807) is 4.90 Å². The number of carbonyl (C=O) groups excluding carboxylic acids is 2. The van der Waals surface area contributed by atoms with E-state index in [9.17, 15) is 9.59 Å². The van der Waals surface area contributed by atoms with Crippen LogP contribution in [0.25, 0.3) is 11.1 Å². The smallest absolute Gasteiger partial charge is 0.329 e. The van der Waals surface area contributed by atoms with Crippen molar-refractivity contribution in [3.63, 3.8) is 0 Å². The third kappa shape index (κ3) is 3.28. The van der Waals surface area contributed by atoms with Gasteiger partial charge >= 0.3 is 5.97 Å². The number of fused-ring (bicyclic) bond motifs is 3. The van der Waals surface area contributed by atoms with Crippen molar-refractivity contribution in [1.29, 1.82) is 0 Å². The normalized spacial score (nSPS) is 17.7. The van der Waals surface area contributed by atoms with E-state index in [0.29, 0.717) is 12.8 Å². The molecule has 0 radical (unpaired) electrons. The van der Waals surface area contributed by atoms with E-state index in [2.05, 4.69) is 36.4 Å². The van der Waals surface area contributed by atoms with Gasteiger partial charge in [-0.3, -0.25) is 4.79 Å². The maximum Gasteiger partial charge on any atom is 0.329 e. The van der Waals surface area contributed by atoms with Crippen LogP contribution in [-0.4, -0.2) is 22.8 Å². The van der Waals surface area contributed by atoms with Crippen molar-refractivity contribution in [1.82, 2.24) is 4.90 Å². The van der Waals surface area contributed by atoms with Crippen LogP contribution in [0.2, 0.25) is 0 Å². The summed E-state index contributed by atoms with van der Waals surface area (Å²) in [7, 11) is 0. The number of benzene rings is 4. The van der Waals surface area contributed by atoms with Gasteiger partial charge in [0.25, 0.3) is 0 Å². The van der Waals surface area contributed by atoms with E-state index in [1.807, 2.05) is 72.8 Å². The van der Waals surface area contributed by atoms with Gasteiger partial charge in [-0.25, -0.2) is 4.79 Å². The molecule has 1 saturated heterocycles. The van der Waals surface area contributed by atoms with E-state index < -0.39 is 11.6 Å². The van der Waals surface area contributed by atoms with Crippen molar-refractivity contribution in [3.05, 3.63) is 131 Å². The van der Waals surface area contributed by atoms with E-state index >= 15 is 0 Å². The summed E-state index contributed by atoms with van der Waals surface area (Å²) >= 11 is 0. The molecule has 6 rings (SSSR count). The maximum atomic E-state index is 13.7. The number of nitrogens with zero attached hydrogens (tertiary/aromatic N) is 1. The van der Waals surface area contributed by atoms with Crippen LogP contribution in [0.1, 0.15) is 35.1 Å². The molecule has 4 aromatic carbocycles. The fraction of sp³-hybridized carbons (Fsp3) is 0.161. The lowest BCUT2D eigenvalue weighted by molar-refractivity contribution is -0.155. The second-order valence-electron chi connectivity index (χ2n) is 9.08. The van der Waals surface area contributed by atoms with Gasteiger partial charge in [0.1, 0.15) is 18.2 Å². The van der Waals surface area contributed by atoms with Gasteiger partial charge in [0.15, 0.2) is 0 Å². The topological polar surface area (TPSA) is 46.6 Å². The molecule has 0 N–H and O–H groups in total. The molecule has 1 fully saturated rings. The first-order valence-electron chi connectivity index (χ1n) is 12.0. The highest BCUT2D eigenvalue weighted by Crippen LogP contribution is 2.56. The summed E-state index contributed by atoms with van der Waals surface area (Å²) in [6, 6.07) is 35.4. The third-order valence-electron chi connectivity index (χ3n) is 7.18. The molecule has 1 heterocycles. The molecule has 4 nitrogen and oxygen atoms in total. The summed E-state index contributed by atoms with van der Waals surface area (Å²) in [5.41, 5.74) is 5.19. The predicted molar refractivity (Wildman–Crippen MR) is 134 cm³/mol. The monoisotopic (exact) mass is 459 g/mol. The molecule has 4 aromatic rings. The van der Waals surface area contributed by atoms with Gasteiger partial charge in [0.2, 0.25) is 5.91 Å². The SMILES string of the molecule is O=C(OCc1ccccc1)C1CCC(=O)N1C1(c2ccccc2)c2ccccc2-c2ccccc21. The molecule has 35 heavy (non-hydrogen) atoms. The van der Waals surface area contributed by atoms with E-state index in [1.165, 1.54) is 0 Å². The number of carbonyl (C=O) groups is 2. The second-order valence-corrected chi connectivity index (χ2v) is 9.08. The number of likely N-dealkylation sites (tertiary alicyclic amines) is 1. The summed E-state index contributed by atoms with van der Waals surface area (Å²) in [4.78, 5) is 29.0. The van der Waals surface area contributed by atoms with Gasteiger partial charge < -0.3 is 9.64 Å². The van der Waals surface area contributed by atoms with Crippen LogP contribution in [-0.2, 0) is 26.5 Å². The Labute approximate surface area is 204 Å². The summed E-state index contributed by atoms with van der Waals surface area (Å²) in [5, 5.41) is 0. The van der Waals surface area contributed by atoms with Gasteiger partial charge in [-0.05, 0) is 39.8 Å². The van der Waals surface area contributed by atoms with E-state index in [4.69, 9.17) is 4.74 Å². The summed E-state index contributed by atoms with van der Waals surface area (Å²) in [6.07, 6.45) is 0.745. The average Bonchev–Trinajstić information content (AvgIpc) is 3.44. The molecule has 1 atom stereocenters. The molecule has 1 amide bonds. The molecule has 1 aliphatic heterocycles. The Morgan fingerprint density at radius 3 is 1.94 bits per heavy atom. The van der Waals surface area contributed by atoms with Gasteiger partial charge in [-0.2, -0.15) is 0 Å². The zero-order chi connectivity index (χ0) is 23.8. The summed E-state index contributed by atoms with van der Waals surface area (Å²) in [5.74, 6) is -0.404. The molecule has 4 heteroatoms. The zero-order valence-electron chi connectivity index (χ0n) is 19.3. The van der Waals surface area contributed by atoms with Crippen LogP contribution in [0.5, 0.6) is 0 Å². The Morgan fingerprint density at radius 1 is 0.771 bits per heavy atom. The molecule has 172 valence electrons. The Morgan fingerprint density at radius 2 is 1.31 bits per heavy atom. The van der Waals surface area contributed by atoms with Crippen molar-refractivity contribution in [2.75, 3.05) is 0 Å². The summed E-state index contributed by atoms with van der Waals surface area (Å²) < 4.78 is 5.77. The van der Waals surface area contributed by atoms with Gasteiger partial charge in [0, 0.05) is 6.42 Å². The molecule has 0 aromatic heterocycles. The van der Waals surface area contributed by atoms with Gasteiger partial charge in [0.05, 0.1) is 0 Å². The van der Waals surface area contributed by atoms with Crippen molar-refractivity contribution in [2.24, 2.45) is 0 Å². The fourth-order valence-electron chi connectivity index (χ4n) is 5.75. The van der Waals surface area contributed by atoms with Gasteiger partial charge in [-0.15, -0.1) is 0 Å². The predicted octanol–water partition coefficient (Wildman–Crippen LogP) is 5.69. The Bertz CT molecular complexity index is 1350. The molecule has 0 bridgehead atoms. The van der Waals surface area contributed by atoms with Crippen LogP contribution in [0, 0.1) is 0 Å². The van der Waals surface area contributed by atoms with Crippen LogP contribution in [0.15, 0.2) is 109 Å². The van der Waals surface area contributed by atoms with Crippen molar-refractivity contribution in [2.45, 2.75) is 31.0 Å². The standard InChI is InChI=1S/C31H25NO3/c33-29-20-19-28(30(34)35-21-22-11-3-1-4-12-22)32(29)31(23-13-5-2-6-14-23)26-17-9-7-15-24(26)25-16-8-10-18-27(25)31/h1-18,28H,19-21H2. The second kappa shape index (κ2) is 8.55. The molecular formula is C31H25NO3. The number of esters is 1. The Hall–Kier alpha value is -4.18. The molecule has 1 aliphatic carbocycles. The quantitative estimate of drug-likeness (QED) is 0.360. The zero-order valence-corrected chi connectivity index (χ0v) is 19.3. The minimum absolute atomic E-state index is 0.0398. The van der Waals surface area contributed by atoms with Crippen molar-refractivity contribution >= 4 is 11.9 Å². The molecule has 1 unspecified atom stereocenters. The first-order chi connectivity index (χ1) is 17.2. The van der Waals surface area contributed by atoms with Crippen LogP contribution in [0.4, 0.5) is 0 Å². The molecule has 2 aliphatic rings. The lowest BCUT2D eigenvalue weighted by Gasteiger charge is -2.43. The highest BCUT2D eigenvalue weighted by Gasteiger charge is 2.56. The molecule has 0 spiro atoms. The van der Waals surface area contributed by atoms with Gasteiger partial charge in [-0.1, -0.05) is 109 Å². The largest absolute Gasteiger partial charge is 0.459 e. The van der Waals surface area contributed by atoms with Crippen LogP contribution >= 0.6 is 0 Å². The Kier molecular flexibility index (Phi) is 5.22. The first-order valence-corrected chi connectivity index (χ1v) is 12.0. The lowest BCUT2D eigenvalue weighted by atomic mass is 9.78. The van der Waals surface area contributed by atoms with E-state index in [0.717, 1.165) is 33.4 Å². The highest BCUT2D eigenvalue weighted by molar-refractivity contribution is 5.93. The number of hydrogen-bond donors (Lipinski definition) is 0. The van der Waals surface area contributed by atoms with Crippen LogP contribution in [0.3, 0.4) is 0 Å². The number of hydrogen-bond acceptors (Lipinski definition) is 3. The Balaban J connectivity index is 1.51. The number of rotatable bonds is 5. The molecular weight excluding hydrogens is 434 g/mol. The number of amides is 1. The average molecular weight is 460 g/mol. The third-order valence-corrected chi connectivity index (χ3v) is 7.18. The minimum atomic E-state index is -0.904. The van der Waals surface area contributed by atoms with Crippen LogP contribution < -0.4 is 0 Å². The highest BCUT2D eigenvalue weighted by atomic mass is 16.5. The number of ether oxygens (including phenoxy) is 1. The van der Waals surface area contributed by atoms with Crippen molar-refractivity contribution in [3.8, 4) is 11.1 Å². The van der Waals surface area contributed by atoms with E-state index in [-0.39, 0.29) is 18.5 Å². The lowest BCUT2D eigenvalue weighted by Crippen LogP contribution is -2.54. The maximum absolute atomic E-state index is 13.7.